The number of nitrogens with one attached hydrogen (secondary N) is 2. The monoisotopic (exact) mass is 495 g/mol. The van der Waals surface area contributed by atoms with Crippen LogP contribution in [0.4, 0.5) is 10.8 Å². The Balaban J connectivity index is 1.52. The average molecular weight is 496 g/mol. The van der Waals surface area contributed by atoms with Gasteiger partial charge in [-0.3, -0.25) is 9.59 Å². The molecule has 178 valence electrons. The molecule has 2 amide bonds. The highest BCUT2D eigenvalue weighted by atomic mass is 35.5. The number of carbonyl (C=O) groups is 2. The molecule has 5 nitrogen and oxygen atoms in total. The highest BCUT2D eigenvalue weighted by Crippen LogP contribution is 2.64. The van der Waals surface area contributed by atoms with Crippen LogP contribution in [0.1, 0.15) is 56.5 Å². The molecule has 1 aromatic heterocycles. The number of rotatable bonds is 7. The molecule has 2 atom stereocenters. The summed E-state index contributed by atoms with van der Waals surface area (Å²) < 4.78 is 0.840. The fraction of sp³-hybridized carbons (Fsp3) is 0.370. The first-order valence-corrected chi connectivity index (χ1v) is 12.8. The molecule has 1 saturated carbocycles. The van der Waals surface area contributed by atoms with Gasteiger partial charge in [-0.25, -0.2) is 4.98 Å². The predicted octanol–water partition coefficient (Wildman–Crippen LogP) is 7.47. The van der Waals surface area contributed by atoms with Crippen molar-refractivity contribution in [1.29, 1.82) is 0 Å². The van der Waals surface area contributed by atoms with Crippen LogP contribution in [0.5, 0.6) is 0 Å². The number of halogens is 1. The molecule has 0 aliphatic heterocycles. The van der Waals surface area contributed by atoms with E-state index in [1.165, 1.54) is 16.9 Å². The first-order chi connectivity index (χ1) is 16.2. The predicted molar refractivity (Wildman–Crippen MR) is 142 cm³/mol. The number of thiazole rings is 1. The Hall–Kier alpha value is -2.70. The topological polar surface area (TPSA) is 71.1 Å². The molecular weight excluding hydrogens is 466 g/mol. The van der Waals surface area contributed by atoms with Gasteiger partial charge >= 0.3 is 0 Å². The maximum atomic E-state index is 13.2. The molecule has 34 heavy (non-hydrogen) atoms. The smallest absolute Gasteiger partial charge is 0.255 e. The molecule has 1 fully saturated rings. The van der Waals surface area contributed by atoms with Crippen molar-refractivity contribution in [2.24, 2.45) is 17.3 Å². The van der Waals surface area contributed by atoms with Crippen LogP contribution in [0.3, 0.4) is 0 Å². The van der Waals surface area contributed by atoms with Crippen LogP contribution < -0.4 is 10.6 Å². The zero-order chi connectivity index (χ0) is 24.6. The summed E-state index contributed by atoms with van der Waals surface area (Å²) in [6, 6.07) is 10.8. The second-order valence-corrected chi connectivity index (χ2v) is 10.7. The maximum Gasteiger partial charge on any atom is 0.255 e. The van der Waals surface area contributed by atoms with Crippen molar-refractivity contribution < 1.29 is 9.59 Å². The standard InChI is InChI=1S/C27H30ClN3O2S/c1-6-27(7-2)18(13-15(3)4)22(27)25(33)31-26-29-20-12-11-17(14-21(20)34-26)24(32)30-23-16(5)9-8-10-19(23)28/h8-14,18,22H,6-7H2,1-5H3,(H,30,32)(H,29,31,33). The lowest BCUT2D eigenvalue weighted by Crippen LogP contribution is -2.18. The Bertz CT molecular complexity index is 1270. The van der Waals surface area contributed by atoms with Crippen LogP contribution in [0.2, 0.25) is 5.02 Å². The lowest BCUT2D eigenvalue weighted by molar-refractivity contribution is -0.118. The van der Waals surface area contributed by atoms with Gasteiger partial charge in [-0.2, -0.15) is 0 Å². The highest BCUT2D eigenvalue weighted by molar-refractivity contribution is 7.22. The van der Waals surface area contributed by atoms with E-state index in [2.05, 4.69) is 49.4 Å². The van der Waals surface area contributed by atoms with E-state index in [9.17, 15) is 9.59 Å². The van der Waals surface area contributed by atoms with Crippen molar-refractivity contribution in [3.8, 4) is 0 Å². The normalized spacial score (nSPS) is 18.4. The van der Waals surface area contributed by atoms with Crippen molar-refractivity contribution in [1.82, 2.24) is 4.98 Å². The van der Waals surface area contributed by atoms with Crippen LogP contribution in [-0.4, -0.2) is 16.8 Å². The number of nitrogens with zero attached hydrogens (tertiary/aromatic N) is 1. The first kappa shape index (κ1) is 24.4. The third-order valence-electron chi connectivity index (χ3n) is 6.99. The molecule has 2 unspecified atom stereocenters. The summed E-state index contributed by atoms with van der Waals surface area (Å²) in [5.41, 5.74) is 4.03. The third kappa shape index (κ3) is 4.49. The zero-order valence-electron chi connectivity index (χ0n) is 20.2. The van der Waals surface area contributed by atoms with Crippen LogP contribution in [-0.2, 0) is 4.79 Å². The van der Waals surface area contributed by atoms with Gasteiger partial charge in [0.1, 0.15) is 0 Å². The Labute approximate surface area is 209 Å². The summed E-state index contributed by atoms with van der Waals surface area (Å²) in [4.78, 5) is 30.6. The lowest BCUT2D eigenvalue weighted by atomic mass is 9.94. The van der Waals surface area contributed by atoms with Crippen LogP contribution in [0, 0.1) is 24.2 Å². The number of aromatic nitrogens is 1. The van der Waals surface area contributed by atoms with Crippen molar-refractivity contribution in [3.63, 3.8) is 0 Å². The number of allylic oxidation sites excluding steroid dienone is 2. The summed E-state index contributed by atoms with van der Waals surface area (Å²) in [5.74, 6) is 0.0165. The Morgan fingerprint density at radius 2 is 1.88 bits per heavy atom. The summed E-state index contributed by atoms with van der Waals surface area (Å²) in [6.07, 6.45) is 4.18. The van der Waals surface area contributed by atoms with Gasteiger partial charge in [0.15, 0.2) is 5.13 Å². The van der Waals surface area contributed by atoms with Gasteiger partial charge in [-0.1, -0.05) is 60.6 Å². The Morgan fingerprint density at radius 3 is 2.53 bits per heavy atom. The quantitative estimate of drug-likeness (QED) is 0.334. The van der Waals surface area contributed by atoms with E-state index >= 15 is 0 Å². The number of carbonyl (C=O) groups excluding carboxylic acids is 2. The molecule has 1 heterocycles. The molecular formula is C27H30ClN3O2S. The van der Waals surface area contributed by atoms with Crippen molar-refractivity contribution in [2.75, 3.05) is 10.6 Å². The van der Waals surface area contributed by atoms with Crippen molar-refractivity contribution in [2.45, 2.75) is 47.5 Å². The molecule has 2 aromatic carbocycles. The molecule has 4 rings (SSSR count). The average Bonchev–Trinajstić information content (AvgIpc) is 3.24. The van der Waals surface area contributed by atoms with Gasteiger partial charge in [0.05, 0.1) is 26.8 Å². The summed E-state index contributed by atoms with van der Waals surface area (Å²) in [6.45, 7) is 10.4. The minimum absolute atomic E-state index is 0.0254. The van der Waals surface area contributed by atoms with E-state index in [1.807, 2.05) is 19.1 Å². The van der Waals surface area contributed by atoms with E-state index in [0.717, 1.165) is 28.6 Å². The largest absolute Gasteiger partial charge is 0.320 e. The zero-order valence-corrected chi connectivity index (χ0v) is 21.7. The first-order valence-electron chi connectivity index (χ1n) is 11.6. The van der Waals surface area contributed by atoms with Gasteiger partial charge in [-0.05, 0) is 74.8 Å². The minimum Gasteiger partial charge on any atom is -0.320 e. The second-order valence-electron chi connectivity index (χ2n) is 9.26. The fourth-order valence-electron chi connectivity index (χ4n) is 5.01. The van der Waals surface area contributed by atoms with E-state index in [1.54, 1.807) is 24.3 Å². The van der Waals surface area contributed by atoms with Gasteiger partial charge in [0.2, 0.25) is 5.91 Å². The molecule has 7 heteroatoms. The van der Waals surface area contributed by atoms with Gasteiger partial charge in [0.25, 0.3) is 5.91 Å². The highest BCUT2D eigenvalue weighted by Gasteiger charge is 2.64. The number of hydrogen-bond donors (Lipinski definition) is 2. The number of fused-ring (bicyclic) bond motifs is 1. The summed E-state index contributed by atoms with van der Waals surface area (Å²) in [7, 11) is 0. The molecule has 0 saturated heterocycles. The van der Waals surface area contributed by atoms with Crippen LogP contribution >= 0.6 is 22.9 Å². The lowest BCUT2D eigenvalue weighted by Gasteiger charge is -2.11. The summed E-state index contributed by atoms with van der Waals surface area (Å²) >= 11 is 7.63. The van der Waals surface area contributed by atoms with Crippen molar-refractivity contribution >= 4 is 55.8 Å². The van der Waals surface area contributed by atoms with E-state index < -0.39 is 0 Å². The molecule has 1 aliphatic carbocycles. The molecule has 0 spiro atoms. The van der Waals surface area contributed by atoms with Gasteiger partial charge in [0, 0.05) is 5.56 Å². The summed E-state index contributed by atoms with van der Waals surface area (Å²) in [5, 5.41) is 7.00. The maximum absolute atomic E-state index is 13.2. The molecule has 1 aliphatic rings. The van der Waals surface area contributed by atoms with Crippen LogP contribution in [0.15, 0.2) is 48.0 Å². The minimum atomic E-state index is -0.240. The number of amides is 2. The van der Waals surface area contributed by atoms with E-state index in [0.29, 0.717) is 21.4 Å². The molecule has 3 aromatic rings. The van der Waals surface area contributed by atoms with Gasteiger partial charge < -0.3 is 10.6 Å². The van der Waals surface area contributed by atoms with E-state index in [4.69, 9.17) is 11.6 Å². The second kappa shape index (κ2) is 9.51. The number of anilines is 2. The molecule has 2 N–H and O–H groups in total. The number of aryl methyl sites for hydroxylation is 1. The van der Waals surface area contributed by atoms with Crippen molar-refractivity contribution in [3.05, 3.63) is 64.2 Å². The Kier molecular flexibility index (Phi) is 6.83. The number of para-hydroxylation sites is 1. The number of benzene rings is 2. The SMILES string of the molecule is CCC1(CC)C(C=C(C)C)C1C(=O)Nc1nc2ccc(C(=O)Nc3c(C)cccc3Cl)cc2s1. The number of hydrogen-bond acceptors (Lipinski definition) is 4. The fourth-order valence-corrected chi connectivity index (χ4v) is 6.19. The van der Waals surface area contributed by atoms with E-state index in [-0.39, 0.29) is 29.1 Å². The third-order valence-corrected chi connectivity index (χ3v) is 8.23. The Morgan fingerprint density at radius 1 is 1.15 bits per heavy atom. The van der Waals surface area contributed by atoms with Gasteiger partial charge in [-0.15, -0.1) is 0 Å². The molecule has 0 radical (unpaired) electrons. The van der Waals surface area contributed by atoms with Crippen LogP contribution in [0.25, 0.3) is 10.2 Å². The molecule has 0 bridgehead atoms.